The molecule has 1 saturated heterocycles. The zero-order valence-electron chi connectivity index (χ0n) is 10.6. The van der Waals surface area contributed by atoms with Crippen LogP contribution < -0.4 is 4.90 Å². The van der Waals surface area contributed by atoms with Gasteiger partial charge >= 0.3 is 0 Å². The van der Waals surface area contributed by atoms with Crippen molar-refractivity contribution >= 4 is 5.69 Å². The van der Waals surface area contributed by atoms with E-state index in [-0.39, 0.29) is 0 Å². The van der Waals surface area contributed by atoms with Crippen molar-refractivity contribution in [1.82, 2.24) is 20.2 Å². The standard InChI is InChI=1S/C13H17N5/c1-17-15-13(14-16-17)11-5-7-12(8-6-11)18-9-3-2-4-10-18/h5-8H,2-4,9-10H2,1H3. The quantitative estimate of drug-likeness (QED) is 0.808. The Morgan fingerprint density at radius 2 is 1.72 bits per heavy atom. The van der Waals surface area contributed by atoms with E-state index in [0.717, 1.165) is 5.56 Å². The molecule has 1 aliphatic rings. The van der Waals surface area contributed by atoms with Gasteiger partial charge in [0.25, 0.3) is 0 Å². The van der Waals surface area contributed by atoms with E-state index in [1.54, 1.807) is 7.05 Å². The molecule has 0 spiro atoms. The molecule has 1 aromatic heterocycles. The second-order valence-electron chi connectivity index (χ2n) is 4.70. The predicted molar refractivity (Wildman–Crippen MR) is 70.3 cm³/mol. The second kappa shape index (κ2) is 4.76. The van der Waals surface area contributed by atoms with Crippen molar-refractivity contribution < 1.29 is 0 Å². The number of hydrogen-bond acceptors (Lipinski definition) is 4. The molecule has 0 bridgehead atoms. The molecule has 18 heavy (non-hydrogen) atoms. The van der Waals surface area contributed by atoms with E-state index in [2.05, 4.69) is 44.6 Å². The van der Waals surface area contributed by atoms with Crippen LogP contribution in [0.15, 0.2) is 24.3 Å². The van der Waals surface area contributed by atoms with E-state index in [1.807, 2.05) is 0 Å². The SMILES string of the molecule is Cn1nnc(-c2ccc(N3CCCCC3)cc2)n1. The number of benzene rings is 1. The van der Waals surface area contributed by atoms with E-state index in [9.17, 15) is 0 Å². The summed E-state index contributed by atoms with van der Waals surface area (Å²) in [4.78, 5) is 3.92. The largest absolute Gasteiger partial charge is 0.372 e. The van der Waals surface area contributed by atoms with Crippen LogP contribution in [-0.2, 0) is 7.05 Å². The van der Waals surface area contributed by atoms with Gasteiger partial charge < -0.3 is 4.90 Å². The molecule has 5 heteroatoms. The van der Waals surface area contributed by atoms with Crippen LogP contribution in [-0.4, -0.2) is 33.3 Å². The maximum absolute atomic E-state index is 4.20. The van der Waals surface area contributed by atoms with Crippen molar-refractivity contribution in [3.63, 3.8) is 0 Å². The minimum Gasteiger partial charge on any atom is -0.372 e. The number of anilines is 1. The first kappa shape index (κ1) is 11.2. The van der Waals surface area contributed by atoms with Crippen molar-refractivity contribution in [2.75, 3.05) is 18.0 Å². The Bertz CT molecular complexity index is 510. The summed E-state index contributed by atoms with van der Waals surface area (Å²) in [6, 6.07) is 8.44. The van der Waals surface area contributed by atoms with Gasteiger partial charge in [0.05, 0.1) is 7.05 Å². The van der Waals surface area contributed by atoms with Crippen LogP contribution in [0.4, 0.5) is 5.69 Å². The summed E-state index contributed by atoms with van der Waals surface area (Å²) in [5.41, 5.74) is 2.31. The van der Waals surface area contributed by atoms with Gasteiger partial charge in [-0.3, -0.25) is 0 Å². The Morgan fingerprint density at radius 3 is 2.33 bits per heavy atom. The lowest BCUT2D eigenvalue weighted by molar-refractivity contribution is 0.578. The summed E-state index contributed by atoms with van der Waals surface area (Å²) in [5, 5.41) is 12.1. The molecule has 0 saturated carbocycles. The van der Waals surface area contributed by atoms with Crippen LogP contribution in [0.3, 0.4) is 0 Å². The summed E-state index contributed by atoms with van der Waals surface area (Å²) in [5.74, 6) is 0.683. The maximum atomic E-state index is 4.20. The minimum absolute atomic E-state index is 0.683. The van der Waals surface area contributed by atoms with E-state index in [0.29, 0.717) is 5.82 Å². The fourth-order valence-corrected chi connectivity index (χ4v) is 2.37. The highest BCUT2D eigenvalue weighted by Crippen LogP contribution is 2.22. The number of rotatable bonds is 2. The molecule has 2 heterocycles. The second-order valence-corrected chi connectivity index (χ2v) is 4.70. The Hall–Kier alpha value is -1.91. The van der Waals surface area contributed by atoms with Crippen LogP contribution >= 0.6 is 0 Å². The number of tetrazole rings is 1. The van der Waals surface area contributed by atoms with Gasteiger partial charge in [-0.25, -0.2) is 0 Å². The highest BCUT2D eigenvalue weighted by Gasteiger charge is 2.11. The zero-order valence-corrected chi connectivity index (χ0v) is 10.6. The van der Waals surface area contributed by atoms with Gasteiger partial charge in [-0.2, -0.15) is 4.80 Å². The lowest BCUT2D eigenvalue weighted by Gasteiger charge is -2.28. The molecule has 0 aliphatic carbocycles. The fourth-order valence-electron chi connectivity index (χ4n) is 2.37. The van der Waals surface area contributed by atoms with Gasteiger partial charge in [0.15, 0.2) is 0 Å². The molecular weight excluding hydrogens is 226 g/mol. The molecule has 0 amide bonds. The first-order valence-electron chi connectivity index (χ1n) is 6.42. The van der Waals surface area contributed by atoms with Crippen molar-refractivity contribution in [3.8, 4) is 11.4 Å². The smallest absolute Gasteiger partial charge is 0.204 e. The molecule has 1 fully saturated rings. The summed E-state index contributed by atoms with van der Waals surface area (Å²) in [6.45, 7) is 2.34. The number of nitrogens with zero attached hydrogens (tertiary/aromatic N) is 5. The third-order valence-corrected chi connectivity index (χ3v) is 3.36. The predicted octanol–water partition coefficient (Wildman–Crippen LogP) is 1.87. The molecule has 0 unspecified atom stereocenters. The summed E-state index contributed by atoms with van der Waals surface area (Å²) < 4.78 is 0. The molecule has 94 valence electrons. The normalized spacial score (nSPS) is 15.9. The molecule has 1 aliphatic heterocycles. The number of hydrogen-bond donors (Lipinski definition) is 0. The van der Waals surface area contributed by atoms with Crippen LogP contribution in [0.5, 0.6) is 0 Å². The van der Waals surface area contributed by atoms with Gasteiger partial charge in [-0.15, -0.1) is 10.2 Å². The summed E-state index contributed by atoms with van der Waals surface area (Å²) in [6.07, 6.45) is 3.96. The fraction of sp³-hybridized carbons (Fsp3) is 0.462. The first-order chi connectivity index (χ1) is 8.83. The molecule has 3 rings (SSSR count). The third-order valence-electron chi connectivity index (χ3n) is 3.36. The highest BCUT2D eigenvalue weighted by molar-refractivity contribution is 5.59. The van der Waals surface area contributed by atoms with Crippen LogP contribution in [0.1, 0.15) is 19.3 Å². The lowest BCUT2D eigenvalue weighted by Crippen LogP contribution is -2.29. The van der Waals surface area contributed by atoms with Crippen LogP contribution in [0, 0.1) is 0 Å². The van der Waals surface area contributed by atoms with Gasteiger partial charge in [0, 0.05) is 24.3 Å². The summed E-state index contributed by atoms with van der Waals surface area (Å²) in [7, 11) is 1.78. The van der Waals surface area contributed by atoms with E-state index < -0.39 is 0 Å². The van der Waals surface area contributed by atoms with Gasteiger partial charge in [0.1, 0.15) is 0 Å². The first-order valence-corrected chi connectivity index (χ1v) is 6.42. The van der Waals surface area contributed by atoms with E-state index >= 15 is 0 Å². The molecule has 2 aromatic rings. The van der Waals surface area contributed by atoms with Gasteiger partial charge in [-0.1, -0.05) is 0 Å². The highest BCUT2D eigenvalue weighted by atomic mass is 15.6. The van der Waals surface area contributed by atoms with Gasteiger partial charge in [-0.05, 0) is 48.7 Å². The van der Waals surface area contributed by atoms with Crippen molar-refractivity contribution in [3.05, 3.63) is 24.3 Å². The summed E-state index contributed by atoms with van der Waals surface area (Å²) >= 11 is 0. The molecular formula is C13H17N5. The maximum Gasteiger partial charge on any atom is 0.204 e. The molecule has 0 atom stereocenters. The van der Waals surface area contributed by atoms with E-state index in [1.165, 1.54) is 42.8 Å². The van der Waals surface area contributed by atoms with Gasteiger partial charge in [0.2, 0.25) is 5.82 Å². The average molecular weight is 243 g/mol. The lowest BCUT2D eigenvalue weighted by atomic mass is 10.1. The zero-order chi connectivity index (χ0) is 12.4. The number of piperidine rings is 1. The Balaban J connectivity index is 1.80. The van der Waals surface area contributed by atoms with Crippen LogP contribution in [0.25, 0.3) is 11.4 Å². The molecule has 1 aromatic carbocycles. The average Bonchev–Trinajstić information content (AvgIpc) is 2.87. The van der Waals surface area contributed by atoms with Crippen molar-refractivity contribution in [1.29, 1.82) is 0 Å². The van der Waals surface area contributed by atoms with Crippen molar-refractivity contribution in [2.45, 2.75) is 19.3 Å². The molecule has 5 nitrogen and oxygen atoms in total. The Labute approximate surface area is 106 Å². The Kier molecular flexibility index (Phi) is 2.96. The van der Waals surface area contributed by atoms with Crippen LogP contribution in [0.2, 0.25) is 0 Å². The topological polar surface area (TPSA) is 46.8 Å². The third kappa shape index (κ3) is 2.20. The van der Waals surface area contributed by atoms with Crippen molar-refractivity contribution in [2.24, 2.45) is 7.05 Å². The molecule has 0 N–H and O–H groups in total. The Morgan fingerprint density at radius 1 is 1.00 bits per heavy atom. The molecule has 0 radical (unpaired) electrons. The monoisotopic (exact) mass is 243 g/mol. The number of aryl methyl sites for hydroxylation is 1. The number of aromatic nitrogens is 4. The van der Waals surface area contributed by atoms with E-state index in [4.69, 9.17) is 0 Å². The minimum atomic E-state index is 0.683.